The van der Waals surface area contributed by atoms with Gasteiger partial charge in [0.2, 0.25) is 0 Å². The minimum Gasteiger partial charge on any atom is -0.322 e. The average molecular weight is 423 g/mol. The Kier molecular flexibility index (Phi) is 5.62. The number of para-hydroxylation sites is 1. The molecule has 0 radical (unpaired) electrons. The Morgan fingerprint density at radius 3 is 2.25 bits per heavy atom. The lowest BCUT2D eigenvalue weighted by Gasteiger charge is -2.13. The fourth-order valence-electron chi connectivity index (χ4n) is 2.35. The highest BCUT2D eigenvalue weighted by Crippen LogP contribution is 2.23. The van der Waals surface area contributed by atoms with Gasteiger partial charge in [-0.15, -0.1) is 0 Å². The Bertz CT molecular complexity index is 1140. The van der Waals surface area contributed by atoms with Crippen molar-refractivity contribution in [2.24, 2.45) is 0 Å². The highest BCUT2D eigenvalue weighted by atomic mass is 35.5. The molecule has 9 heteroatoms. The number of carbonyl (C=O) groups excluding carboxylic acids is 1. The van der Waals surface area contributed by atoms with Gasteiger partial charge in [-0.1, -0.05) is 23.7 Å². The molecular weight excluding hydrogens is 410 g/mol. The first-order chi connectivity index (χ1) is 13.3. The number of halogens is 3. The van der Waals surface area contributed by atoms with Crippen molar-refractivity contribution in [1.82, 2.24) is 0 Å². The van der Waals surface area contributed by atoms with E-state index in [0.29, 0.717) is 22.8 Å². The number of benzene rings is 3. The van der Waals surface area contributed by atoms with Crippen LogP contribution in [-0.2, 0) is 10.0 Å². The van der Waals surface area contributed by atoms with Crippen molar-refractivity contribution in [3.63, 3.8) is 0 Å². The number of amides is 1. The lowest BCUT2D eigenvalue weighted by Crippen LogP contribution is -2.18. The topological polar surface area (TPSA) is 75.3 Å². The Morgan fingerprint density at radius 1 is 0.893 bits per heavy atom. The molecule has 0 unspecified atom stereocenters. The summed E-state index contributed by atoms with van der Waals surface area (Å²) in [7, 11) is -4.24. The summed E-state index contributed by atoms with van der Waals surface area (Å²) in [4.78, 5) is 12.1. The van der Waals surface area contributed by atoms with E-state index < -0.39 is 32.5 Å². The third-order valence-corrected chi connectivity index (χ3v) is 5.33. The van der Waals surface area contributed by atoms with Gasteiger partial charge in [-0.2, -0.15) is 0 Å². The summed E-state index contributed by atoms with van der Waals surface area (Å²) in [5.74, 6) is -3.02. The number of sulfonamides is 1. The second kappa shape index (κ2) is 7.95. The third-order valence-electron chi connectivity index (χ3n) is 3.72. The first-order valence-electron chi connectivity index (χ1n) is 7.90. The predicted molar refractivity (Wildman–Crippen MR) is 103 cm³/mol. The molecule has 2 N–H and O–H groups in total. The summed E-state index contributed by atoms with van der Waals surface area (Å²) in [5.41, 5.74) is 0.495. The van der Waals surface area contributed by atoms with Crippen LogP contribution in [0.4, 0.5) is 20.2 Å². The second-order valence-electron chi connectivity index (χ2n) is 5.69. The maximum absolute atomic E-state index is 13.4. The van der Waals surface area contributed by atoms with Gasteiger partial charge in [0.1, 0.15) is 0 Å². The quantitative estimate of drug-likeness (QED) is 0.627. The Balaban J connectivity index is 1.88. The monoisotopic (exact) mass is 422 g/mol. The van der Waals surface area contributed by atoms with E-state index in [1.54, 1.807) is 30.3 Å². The van der Waals surface area contributed by atoms with Crippen molar-refractivity contribution in [1.29, 1.82) is 0 Å². The van der Waals surface area contributed by atoms with E-state index in [1.807, 2.05) is 0 Å². The zero-order chi connectivity index (χ0) is 20.3. The molecule has 0 saturated carbocycles. The van der Waals surface area contributed by atoms with Crippen LogP contribution < -0.4 is 10.0 Å². The van der Waals surface area contributed by atoms with Crippen LogP contribution in [0.2, 0.25) is 5.02 Å². The van der Waals surface area contributed by atoms with Gasteiger partial charge in [0.15, 0.2) is 11.6 Å². The maximum atomic E-state index is 13.4. The molecule has 0 atom stereocenters. The van der Waals surface area contributed by atoms with Crippen molar-refractivity contribution < 1.29 is 22.0 Å². The predicted octanol–water partition coefficient (Wildman–Crippen LogP) is 4.67. The van der Waals surface area contributed by atoms with Gasteiger partial charge in [0.25, 0.3) is 15.9 Å². The maximum Gasteiger partial charge on any atom is 0.262 e. The van der Waals surface area contributed by atoms with E-state index >= 15 is 0 Å². The summed E-state index contributed by atoms with van der Waals surface area (Å²) in [6.45, 7) is 0. The van der Waals surface area contributed by atoms with Gasteiger partial charge in [0, 0.05) is 10.7 Å². The number of anilines is 2. The van der Waals surface area contributed by atoms with Crippen LogP contribution in [0.1, 0.15) is 10.4 Å². The van der Waals surface area contributed by atoms with Crippen LogP contribution in [-0.4, -0.2) is 14.3 Å². The lowest BCUT2D eigenvalue weighted by molar-refractivity contribution is 0.102. The molecule has 144 valence electrons. The number of carbonyl (C=O) groups is 1. The standard InChI is InChI=1S/C19H13ClF2N2O3S/c20-12-5-7-13(8-6-12)23-19(25)15-3-1-2-4-18(15)24-28(26,27)14-9-10-16(21)17(22)11-14/h1-11,24H,(H,23,25). The van der Waals surface area contributed by atoms with E-state index in [9.17, 15) is 22.0 Å². The van der Waals surface area contributed by atoms with Gasteiger partial charge >= 0.3 is 0 Å². The first kappa shape index (κ1) is 19.8. The van der Waals surface area contributed by atoms with Gasteiger partial charge < -0.3 is 5.32 Å². The minimum atomic E-state index is -4.24. The van der Waals surface area contributed by atoms with E-state index in [2.05, 4.69) is 10.0 Å². The highest BCUT2D eigenvalue weighted by Gasteiger charge is 2.20. The summed E-state index contributed by atoms with van der Waals surface area (Å²) in [6, 6.07) is 14.5. The largest absolute Gasteiger partial charge is 0.322 e. The molecule has 0 saturated heterocycles. The molecule has 0 aliphatic rings. The lowest BCUT2D eigenvalue weighted by atomic mass is 10.1. The zero-order valence-electron chi connectivity index (χ0n) is 14.1. The number of hydrogen-bond donors (Lipinski definition) is 2. The van der Waals surface area contributed by atoms with Gasteiger partial charge in [-0.05, 0) is 54.6 Å². The van der Waals surface area contributed by atoms with E-state index in [1.165, 1.54) is 18.2 Å². The van der Waals surface area contributed by atoms with Crippen molar-refractivity contribution in [3.05, 3.63) is 89.0 Å². The molecule has 0 spiro atoms. The van der Waals surface area contributed by atoms with Gasteiger partial charge in [-0.3, -0.25) is 9.52 Å². The van der Waals surface area contributed by atoms with Crippen LogP contribution in [0.3, 0.4) is 0 Å². The van der Waals surface area contributed by atoms with Crippen molar-refractivity contribution >= 4 is 38.9 Å². The first-order valence-corrected chi connectivity index (χ1v) is 9.76. The number of hydrogen-bond acceptors (Lipinski definition) is 3. The van der Waals surface area contributed by atoms with Gasteiger partial charge in [-0.25, -0.2) is 17.2 Å². The summed E-state index contributed by atoms with van der Waals surface area (Å²) >= 11 is 5.80. The van der Waals surface area contributed by atoms with E-state index in [-0.39, 0.29) is 11.3 Å². The smallest absolute Gasteiger partial charge is 0.262 e. The minimum absolute atomic E-state index is 0.0151. The molecule has 0 heterocycles. The molecule has 0 aromatic heterocycles. The molecule has 3 aromatic carbocycles. The molecule has 0 aliphatic carbocycles. The average Bonchev–Trinajstić information content (AvgIpc) is 2.66. The molecule has 0 bridgehead atoms. The summed E-state index contributed by atoms with van der Waals surface area (Å²) < 4.78 is 53.7. The molecule has 1 amide bonds. The second-order valence-corrected chi connectivity index (χ2v) is 7.81. The molecule has 0 fully saturated rings. The molecule has 28 heavy (non-hydrogen) atoms. The number of rotatable bonds is 5. The van der Waals surface area contributed by atoms with Crippen LogP contribution >= 0.6 is 11.6 Å². The summed E-state index contributed by atoms with van der Waals surface area (Å²) in [6.07, 6.45) is 0. The summed E-state index contributed by atoms with van der Waals surface area (Å²) in [5, 5.41) is 3.12. The fraction of sp³-hybridized carbons (Fsp3) is 0. The Hall–Kier alpha value is -2.97. The normalized spacial score (nSPS) is 11.1. The molecule has 0 aliphatic heterocycles. The molecular formula is C19H13ClF2N2O3S. The molecule has 5 nitrogen and oxygen atoms in total. The van der Waals surface area contributed by atoms with Crippen LogP contribution in [0.15, 0.2) is 71.6 Å². The van der Waals surface area contributed by atoms with Crippen LogP contribution in [0.25, 0.3) is 0 Å². The fourth-order valence-corrected chi connectivity index (χ4v) is 3.57. The highest BCUT2D eigenvalue weighted by molar-refractivity contribution is 7.92. The van der Waals surface area contributed by atoms with E-state index in [0.717, 1.165) is 6.07 Å². The van der Waals surface area contributed by atoms with Crippen molar-refractivity contribution in [2.75, 3.05) is 10.0 Å². The van der Waals surface area contributed by atoms with Crippen molar-refractivity contribution in [3.8, 4) is 0 Å². The SMILES string of the molecule is O=C(Nc1ccc(Cl)cc1)c1ccccc1NS(=O)(=O)c1ccc(F)c(F)c1. The Morgan fingerprint density at radius 2 is 1.57 bits per heavy atom. The van der Waals surface area contributed by atoms with Gasteiger partial charge in [0.05, 0.1) is 16.1 Å². The zero-order valence-corrected chi connectivity index (χ0v) is 15.7. The third kappa shape index (κ3) is 4.47. The number of nitrogens with one attached hydrogen (secondary N) is 2. The van der Waals surface area contributed by atoms with E-state index in [4.69, 9.17) is 11.6 Å². The molecule has 3 aromatic rings. The van der Waals surface area contributed by atoms with Crippen LogP contribution in [0, 0.1) is 11.6 Å². The van der Waals surface area contributed by atoms with Crippen molar-refractivity contribution in [2.45, 2.75) is 4.90 Å². The molecule has 3 rings (SSSR count). The Labute approximate surface area is 165 Å². The van der Waals surface area contributed by atoms with Crippen LogP contribution in [0.5, 0.6) is 0 Å².